The van der Waals surface area contributed by atoms with E-state index < -0.39 is 0 Å². The predicted octanol–water partition coefficient (Wildman–Crippen LogP) is 2.16. The summed E-state index contributed by atoms with van der Waals surface area (Å²) in [5, 5.41) is 0. The van der Waals surface area contributed by atoms with E-state index in [1.807, 2.05) is 0 Å². The van der Waals surface area contributed by atoms with Crippen LogP contribution in [0.3, 0.4) is 0 Å². The molecule has 0 aromatic heterocycles. The van der Waals surface area contributed by atoms with Crippen molar-refractivity contribution in [2.75, 3.05) is 0 Å². The quantitative estimate of drug-likeness (QED) is 0.493. The number of nitrogens with zero attached hydrogens (tertiary/aromatic N) is 2. The van der Waals surface area contributed by atoms with Gasteiger partial charge in [-0.05, 0) is 31.6 Å². The van der Waals surface area contributed by atoms with E-state index in [0.29, 0.717) is 16.9 Å². The first-order chi connectivity index (χ1) is 5.81. The minimum absolute atomic E-state index is 0.560. The maximum absolute atomic E-state index is 10.4. The van der Waals surface area contributed by atoms with E-state index in [1.165, 1.54) is 0 Å². The van der Waals surface area contributed by atoms with Crippen molar-refractivity contribution in [3.05, 3.63) is 23.8 Å². The maximum atomic E-state index is 10.4. The highest BCUT2D eigenvalue weighted by atomic mass is 16.1. The normalized spacial score (nSPS) is 9.00. The summed E-state index contributed by atoms with van der Waals surface area (Å²) in [7, 11) is 0. The van der Waals surface area contributed by atoms with Gasteiger partial charge in [-0.3, -0.25) is 14.8 Å². The molecule has 0 saturated carbocycles. The van der Waals surface area contributed by atoms with Crippen molar-refractivity contribution < 1.29 is 4.79 Å². The standard InChI is InChI=1S/C9H8N2O/c1-10-8-4-3-7(6-12)5-9(8)11-2/h3-6H,1-2H2. The summed E-state index contributed by atoms with van der Waals surface area (Å²) in [6, 6.07) is 4.95. The molecular weight excluding hydrogens is 152 g/mol. The minimum Gasteiger partial charge on any atom is -0.298 e. The second kappa shape index (κ2) is 3.57. The molecule has 12 heavy (non-hydrogen) atoms. The van der Waals surface area contributed by atoms with Crippen LogP contribution in [0.15, 0.2) is 28.2 Å². The van der Waals surface area contributed by atoms with E-state index in [0.717, 1.165) is 6.29 Å². The average molecular weight is 160 g/mol. The summed E-state index contributed by atoms with van der Waals surface area (Å²) >= 11 is 0. The molecule has 3 heteroatoms. The van der Waals surface area contributed by atoms with E-state index in [9.17, 15) is 4.79 Å². The van der Waals surface area contributed by atoms with Gasteiger partial charge < -0.3 is 0 Å². The second-order valence-electron chi connectivity index (χ2n) is 2.18. The number of rotatable bonds is 3. The lowest BCUT2D eigenvalue weighted by molar-refractivity contribution is 0.112. The van der Waals surface area contributed by atoms with Crippen molar-refractivity contribution >= 4 is 31.1 Å². The number of carbonyl (C=O) groups excluding carboxylic acids is 1. The monoisotopic (exact) mass is 160 g/mol. The van der Waals surface area contributed by atoms with Crippen molar-refractivity contribution in [3.8, 4) is 0 Å². The van der Waals surface area contributed by atoms with Crippen molar-refractivity contribution in [2.45, 2.75) is 0 Å². The molecular formula is C9H8N2O. The summed E-state index contributed by atoms with van der Waals surface area (Å²) in [5.74, 6) is 0. The van der Waals surface area contributed by atoms with Gasteiger partial charge in [-0.2, -0.15) is 0 Å². The molecule has 0 heterocycles. The molecule has 0 saturated heterocycles. The number of carbonyl (C=O) groups is 1. The van der Waals surface area contributed by atoms with E-state index in [-0.39, 0.29) is 0 Å². The van der Waals surface area contributed by atoms with Crippen LogP contribution in [0.1, 0.15) is 10.4 Å². The third kappa shape index (κ3) is 1.45. The van der Waals surface area contributed by atoms with Crippen LogP contribution in [0.4, 0.5) is 11.4 Å². The van der Waals surface area contributed by atoms with Crippen LogP contribution < -0.4 is 0 Å². The fourth-order valence-corrected chi connectivity index (χ4v) is 0.874. The molecule has 1 aromatic carbocycles. The zero-order valence-corrected chi connectivity index (χ0v) is 6.53. The number of hydrogen-bond acceptors (Lipinski definition) is 3. The molecule has 0 unspecified atom stereocenters. The Labute approximate surface area is 70.5 Å². The number of aliphatic imine (C=N–C) groups is 2. The van der Waals surface area contributed by atoms with Crippen LogP contribution >= 0.6 is 0 Å². The van der Waals surface area contributed by atoms with E-state index in [4.69, 9.17) is 0 Å². The molecule has 0 fully saturated rings. The summed E-state index contributed by atoms with van der Waals surface area (Å²) < 4.78 is 0. The highest BCUT2D eigenvalue weighted by molar-refractivity contribution is 5.80. The molecule has 0 atom stereocenters. The lowest BCUT2D eigenvalue weighted by Gasteiger charge is -1.98. The first kappa shape index (κ1) is 8.33. The molecule has 0 aliphatic rings. The number of aldehydes is 1. The topological polar surface area (TPSA) is 41.8 Å². The Morgan fingerprint density at radius 1 is 1.17 bits per heavy atom. The van der Waals surface area contributed by atoms with Gasteiger partial charge >= 0.3 is 0 Å². The first-order valence-corrected chi connectivity index (χ1v) is 3.34. The first-order valence-electron chi connectivity index (χ1n) is 3.34. The Bertz CT molecular complexity index is 331. The van der Waals surface area contributed by atoms with Gasteiger partial charge in [0, 0.05) is 5.56 Å². The predicted molar refractivity (Wildman–Crippen MR) is 50.2 cm³/mol. The van der Waals surface area contributed by atoms with E-state index in [2.05, 4.69) is 23.4 Å². The van der Waals surface area contributed by atoms with Crippen molar-refractivity contribution in [1.29, 1.82) is 0 Å². The second-order valence-corrected chi connectivity index (χ2v) is 2.18. The SMILES string of the molecule is C=Nc1ccc(C=O)cc1N=C. The summed E-state index contributed by atoms with van der Waals surface area (Å²) in [6.07, 6.45) is 0.752. The average Bonchev–Trinajstić information content (AvgIpc) is 2.16. The minimum atomic E-state index is 0.560. The van der Waals surface area contributed by atoms with Crippen LogP contribution in [0.2, 0.25) is 0 Å². The molecule has 0 bridgehead atoms. The highest BCUT2D eigenvalue weighted by Gasteiger charge is 1.98. The van der Waals surface area contributed by atoms with Crippen molar-refractivity contribution in [2.24, 2.45) is 9.98 Å². The van der Waals surface area contributed by atoms with Crippen molar-refractivity contribution in [3.63, 3.8) is 0 Å². The third-order valence-corrected chi connectivity index (χ3v) is 1.48. The molecule has 1 aromatic rings. The fraction of sp³-hybridized carbons (Fsp3) is 0. The Morgan fingerprint density at radius 3 is 2.33 bits per heavy atom. The molecule has 0 aliphatic carbocycles. The molecule has 0 spiro atoms. The van der Waals surface area contributed by atoms with Gasteiger partial charge in [0.2, 0.25) is 0 Å². The van der Waals surface area contributed by atoms with Gasteiger partial charge in [0.15, 0.2) is 0 Å². The largest absolute Gasteiger partial charge is 0.298 e. The lowest BCUT2D eigenvalue weighted by atomic mass is 10.2. The highest BCUT2D eigenvalue weighted by Crippen LogP contribution is 2.27. The van der Waals surface area contributed by atoms with E-state index in [1.54, 1.807) is 18.2 Å². The molecule has 60 valence electrons. The van der Waals surface area contributed by atoms with Crippen LogP contribution in [-0.4, -0.2) is 19.7 Å². The maximum Gasteiger partial charge on any atom is 0.150 e. The molecule has 0 amide bonds. The molecule has 1 rings (SSSR count). The summed E-state index contributed by atoms with van der Waals surface area (Å²) in [6.45, 7) is 6.73. The van der Waals surface area contributed by atoms with Crippen LogP contribution in [0.5, 0.6) is 0 Å². The lowest BCUT2D eigenvalue weighted by Crippen LogP contribution is -1.77. The van der Waals surface area contributed by atoms with E-state index >= 15 is 0 Å². The molecule has 0 aliphatic heterocycles. The van der Waals surface area contributed by atoms with Crippen LogP contribution in [-0.2, 0) is 0 Å². The summed E-state index contributed by atoms with van der Waals surface area (Å²) in [4.78, 5) is 17.8. The van der Waals surface area contributed by atoms with Gasteiger partial charge in [-0.1, -0.05) is 0 Å². The van der Waals surface area contributed by atoms with Gasteiger partial charge in [-0.15, -0.1) is 0 Å². The number of hydrogen-bond donors (Lipinski definition) is 0. The van der Waals surface area contributed by atoms with Gasteiger partial charge in [0.1, 0.15) is 6.29 Å². The Balaban J connectivity index is 3.27. The summed E-state index contributed by atoms with van der Waals surface area (Å²) in [5.41, 5.74) is 1.77. The third-order valence-electron chi connectivity index (χ3n) is 1.48. The van der Waals surface area contributed by atoms with Crippen molar-refractivity contribution in [1.82, 2.24) is 0 Å². The van der Waals surface area contributed by atoms with Gasteiger partial charge in [0.25, 0.3) is 0 Å². The number of benzene rings is 1. The van der Waals surface area contributed by atoms with Gasteiger partial charge in [-0.25, -0.2) is 0 Å². The zero-order valence-electron chi connectivity index (χ0n) is 6.53. The Morgan fingerprint density at radius 2 is 1.83 bits per heavy atom. The molecule has 0 radical (unpaired) electrons. The molecule has 0 N–H and O–H groups in total. The van der Waals surface area contributed by atoms with Gasteiger partial charge in [0.05, 0.1) is 11.4 Å². The van der Waals surface area contributed by atoms with Crippen LogP contribution in [0, 0.1) is 0 Å². The smallest absolute Gasteiger partial charge is 0.150 e. The van der Waals surface area contributed by atoms with Crippen LogP contribution in [0.25, 0.3) is 0 Å². The Kier molecular flexibility index (Phi) is 2.48. The molecule has 3 nitrogen and oxygen atoms in total. The Hall–Kier alpha value is -1.77. The zero-order chi connectivity index (χ0) is 8.97. The fourth-order valence-electron chi connectivity index (χ4n) is 0.874.